The van der Waals surface area contributed by atoms with Crippen molar-refractivity contribution >= 4 is 40.9 Å². The third-order valence-corrected chi connectivity index (χ3v) is 6.33. The Morgan fingerprint density at radius 2 is 2.15 bits per heavy atom. The van der Waals surface area contributed by atoms with E-state index in [1.165, 1.54) is 0 Å². The summed E-state index contributed by atoms with van der Waals surface area (Å²) in [7, 11) is 1.63. The Balaban J connectivity index is 1.61. The highest BCUT2D eigenvalue weighted by atomic mass is 32.2. The fourth-order valence-corrected chi connectivity index (χ4v) is 4.75. The van der Waals surface area contributed by atoms with Gasteiger partial charge in [-0.3, -0.25) is 14.4 Å². The first-order chi connectivity index (χ1) is 12.9. The van der Waals surface area contributed by atoms with Crippen LogP contribution in [-0.2, 0) is 19.1 Å². The van der Waals surface area contributed by atoms with E-state index < -0.39 is 17.4 Å². The molecule has 2 aliphatic heterocycles. The first-order valence-electron chi connectivity index (χ1n) is 9.07. The topological polar surface area (TPSA) is 87.7 Å². The van der Waals surface area contributed by atoms with Crippen molar-refractivity contribution in [1.29, 1.82) is 0 Å². The highest BCUT2D eigenvalue weighted by Crippen LogP contribution is 2.30. The van der Waals surface area contributed by atoms with Gasteiger partial charge in [-0.2, -0.15) is 11.8 Å². The van der Waals surface area contributed by atoms with Crippen LogP contribution in [0.25, 0.3) is 0 Å². The molecule has 0 unspecified atom stereocenters. The van der Waals surface area contributed by atoms with Gasteiger partial charge in [-0.1, -0.05) is 6.07 Å². The van der Waals surface area contributed by atoms with Crippen LogP contribution in [0.2, 0.25) is 0 Å². The summed E-state index contributed by atoms with van der Waals surface area (Å²) in [4.78, 5) is 38.1. The third-order valence-electron chi connectivity index (χ3n) is 5.11. The number of thioether (sulfide) groups is 1. The highest BCUT2D eigenvalue weighted by molar-refractivity contribution is 7.99. The first kappa shape index (κ1) is 19.7. The Bertz CT molecular complexity index is 746. The molecule has 27 heavy (non-hydrogen) atoms. The molecule has 1 aromatic rings. The van der Waals surface area contributed by atoms with Crippen LogP contribution in [0.15, 0.2) is 18.2 Å². The average Bonchev–Trinajstić information content (AvgIpc) is 3.31. The molecule has 1 aromatic carbocycles. The summed E-state index contributed by atoms with van der Waals surface area (Å²) in [5.74, 6) is 0.448. The van der Waals surface area contributed by atoms with E-state index in [4.69, 9.17) is 4.74 Å². The zero-order valence-electron chi connectivity index (χ0n) is 15.7. The van der Waals surface area contributed by atoms with E-state index in [0.29, 0.717) is 25.2 Å². The maximum absolute atomic E-state index is 12.2. The minimum absolute atomic E-state index is 0.0821. The Kier molecular flexibility index (Phi) is 6.06. The number of hydrogen-bond acceptors (Lipinski definition) is 5. The fourth-order valence-electron chi connectivity index (χ4n) is 3.35. The minimum atomic E-state index is -0.727. The van der Waals surface area contributed by atoms with Gasteiger partial charge in [0.15, 0.2) is 0 Å². The van der Waals surface area contributed by atoms with Crippen molar-refractivity contribution in [1.82, 2.24) is 5.32 Å². The summed E-state index contributed by atoms with van der Waals surface area (Å²) in [6, 6.07) is 5.31. The van der Waals surface area contributed by atoms with Crippen LogP contribution in [0.4, 0.5) is 11.4 Å². The summed E-state index contributed by atoms with van der Waals surface area (Å²) in [5, 5.41) is 5.29. The summed E-state index contributed by atoms with van der Waals surface area (Å²) >= 11 is 1.77. The first-order valence-corrected chi connectivity index (χ1v) is 10.2. The molecular formula is C19H25N3O4S. The van der Waals surface area contributed by atoms with Crippen molar-refractivity contribution in [2.24, 2.45) is 0 Å². The van der Waals surface area contributed by atoms with Crippen molar-refractivity contribution < 1.29 is 19.1 Å². The van der Waals surface area contributed by atoms with Crippen molar-refractivity contribution in [3.8, 4) is 0 Å². The largest absolute Gasteiger partial charge is 0.376 e. The maximum Gasteiger partial charge on any atom is 0.313 e. The number of hydrogen-bond donors (Lipinski definition) is 2. The molecule has 2 fully saturated rings. The molecule has 3 rings (SSSR count). The number of amides is 3. The van der Waals surface area contributed by atoms with Gasteiger partial charge in [0.25, 0.3) is 0 Å². The molecule has 3 amide bonds. The molecule has 0 saturated carbocycles. The van der Waals surface area contributed by atoms with E-state index in [2.05, 4.69) is 10.6 Å². The SMILES string of the molecule is CO[C@]1(CNC(=O)C(=O)Nc2ccc(C)c(N3CCCC3=O)c2)CCSC1. The number of carbonyl (C=O) groups is 3. The highest BCUT2D eigenvalue weighted by Gasteiger charge is 2.35. The lowest BCUT2D eigenvalue weighted by Gasteiger charge is -2.26. The quantitative estimate of drug-likeness (QED) is 0.746. The fraction of sp³-hybridized carbons (Fsp3) is 0.526. The van der Waals surface area contributed by atoms with E-state index in [1.807, 2.05) is 13.0 Å². The monoisotopic (exact) mass is 391 g/mol. The van der Waals surface area contributed by atoms with Crippen LogP contribution in [0.1, 0.15) is 24.8 Å². The van der Waals surface area contributed by atoms with Crippen molar-refractivity contribution in [2.45, 2.75) is 31.8 Å². The predicted molar refractivity (Wildman–Crippen MR) is 106 cm³/mol. The van der Waals surface area contributed by atoms with Gasteiger partial charge < -0.3 is 20.3 Å². The van der Waals surface area contributed by atoms with Crippen LogP contribution in [-0.4, -0.2) is 55.0 Å². The number of ether oxygens (including phenoxy) is 1. The zero-order valence-corrected chi connectivity index (χ0v) is 16.5. The number of nitrogens with zero attached hydrogens (tertiary/aromatic N) is 1. The molecule has 2 saturated heterocycles. The van der Waals surface area contributed by atoms with Gasteiger partial charge in [0, 0.05) is 43.7 Å². The van der Waals surface area contributed by atoms with Gasteiger partial charge in [-0.15, -0.1) is 0 Å². The second-order valence-electron chi connectivity index (χ2n) is 6.98. The zero-order chi connectivity index (χ0) is 19.4. The number of aryl methyl sites for hydroxylation is 1. The predicted octanol–water partition coefficient (Wildman–Crippen LogP) is 1.70. The third kappa shape index (κ3) is 4.44. The van der Waals surface area contributed by atoms with Gasteiger partial charge in [0.2, 0.25) is 5.91 Å². The Hall–Kier alpha value is -2.06. The normalized spacial score (nSPS) is 22.1. The van der Waals surface area contributed by atoms with E-state index >= 15 is 0 Å². The second kappa shape index (κ2) is 8.31. The average molecular weight is 391 g/mol. The molecule has 2 N–H and O–H groups in total. The maximum atomic E-state index is 12.2. The number of nitrogens with one attached hydrogen (secondary N) is 2. The van der Waals surface area contributed by atoms with Gasteiger partial charge in [-0.25, -0.2) is 0 Å². The van der Waals surface area contributed by atoms with Crippen LogP contribution in [0.5, 0.6) is 0 Å². The lowest BCUT2D eigenvalue weighted by molar-refractivity contribution is -0.136. The molecule has 0 radical (unpaired) electrons. The van der Waals surface area contributed by atoms with E-state index in [0.717, 1.165) is 35.6 Å². The lowest BCUT2D eigenvalue weighted by Crippen LogP contribution is -2.47. The van der Waals surface area contributed by atoms with Gasteiger partial charge in [0.1, 0.15) is 0 Å². The molecule has 0 spiro atoms. The number of carbonyl (C=O) groups excluding carboxylic acids is 3. The molecule has 7 nitrogen and oxygen atoms in total. The molecule has 1 atom stereocenters. The molecule has 8 heteroatoms. The summed E-state index contributed by atoms with van der Waals surface area (Å²) < 4.78 is 5.54. The summed E-state index contributed by atoms with van der Waals surface area (Å²) in [5.41, 5.74) is 1.83. The van der Waals surface area contributed by atoms with Crippen molar-refractivity contribution in [3.05, 3.63) is 23.8 Å². The van der Waals surface area contributed by atoms with Crippen LogP contribution >= 0.6 is 11.8 Å². The molecular weight excluding hydrogens is 366 g/mol. The van der Waals surface area contributed by atoms with Crippen LogP contribution in [0, 0.1) is 6.92 Å². The molecule has 0 aromatic heterocycles. The Morgan fingerprint density at radius 1 is 1.33 bits per heavy atom. The van der Waals surface area contributed by atoms with Crippen LogP contribution < -0.4 is 15.5 Å². The molecule has 2 heterocycles. The van der Waals surface area contributed by atoms with Gasteiger partial charge in [-0.05, 0) is 43.2 Å². The molecule has 146 valence electrons. The van der Waals surface area contributed by atoms with Crippen molar-refractivity contribution in [3.63, 3.8) is 0 Å². The van der Waals surface area contributed by atoms with Crippen LogP contribution in [0.3, 0.4) is 0 Å². The smallest absolute Gasteiger partial charge is 0.313 e. The minimum Gasteiger partial charge on any atom is -0.376 e. The number of methoxy groups -OCH3 is 1. The summed E-state index contributed by atoms with van der Waals surface area (Å²) in [6.07, 6.45) is 2.22. The molecule has 0 aliphatic carbocycles. The van der Waals surface area contributed by atoms with E-state index in [1.54, 1.807) is 35.9 Å². The Labute approximate surface area is 163 Å². The lowest BCUT2D eigenvalue weighted by atomic mass is 10.0. The van der Waals surface area contributed by atoms with Gasteiger partial charge >= 0.3 is 11.8 Å². The summed E-state index contributed by atoms with van der Waals surface area (Å²) in [6.45, 7) is 2.90. The Morgan fingerprint density at radius 3 is 2.78 bits per heavy atom. The standard InChI is InChI=1S/C19H25N3O4S/c1-13-5-6-14(10-15(13)22-8-3-4-16(22)23)21-18(25)17(24)20-11-19(26-2)7-9-27-12-19/h5-6,10H,3-4,7-9,11-12H2,1-2H3,(H,20,24)(H,21,25)/t19-/m0/s1. The number of anilines is 2. The van der Waals surface area contributed by atoms with E-state index in [-0.39, 0.29) is 5.91 Å². The molecule has 2 aliphatic rings. The van der Waals surface area contributed by atoms with Gasteiger partial charge in [0.05, 0.1) is 5.60 Å². The van der Waals surface area contributed by atoms with E-state index in [9.17, 15) is 14.4 Å². The van der Waals surface area contributed by atoms with Crippen molar-refractivity contribution in [2.75, 3.05) is 41.9 Å². The second-order valence-corrected chi connectivity index (χ2v) is 8.08. The number of benzene rings is 1. The number of rotatable bonds is 5. The molecule has 0 bridgehead atoms.